The van der Waals surface area contributed by atoms with Crippen LogP contribution in [0.15, 0.2) is 29.4 Å². The number of ketones is 1. The van der Waals surface area contributed by atoms with Crippen molar-refractivity contribution in [2.75, 3.05) is 20.0 Å². The lowest BCUT2D eigenvalue weighted by atomic mass is 10.0. The average Bonchev–Trinajstić information content (AvgIpc) is 3.13. The number of benzene rings is 1. The van der Waals surface area contributed by atoms with Gasteiger partial charge in [0.25, 0.3) is 5.91 Å². The lowest BCUT2D eigenvalue weighted by Crippen LogP contribution is -2.25. The molecule has 0 fully saturated rings. The van der Waals surface area contributed by atoms with Gasteiger partial charge in [-0.3, -0.25) is 9.59 Å². The molecule has 0 saturated carbocycles. The van der Waals surface area contributed by atoms with Crippen molar-refractivity contribution in [3.8, 4) is 5.88 Å². The Morgan fingerprint density at radius 1 is 1.19 bits per heavy atom. The molecular formula is C23H23F3N4O5S. The third-order valence-electron chi connectivity index (χ3n) is 5.35. The quantitative estimate of drug-likeness (QED) is 0.186. The van der Waals surface area contributed by atoms with E-state index in [9.17, 15) is 27.6 Å². The Kier molecular flexibility index (Phi) is 8.23. The lowest BCUT2D eigenvalue weighted by Gasteiger charge is -2.13. The molecule has 0 atom stereocenters. The summed E-state index contributed by atoms with van der Waals surface area (Å²) in [7, 11) is 1.19. The van der Waals surface area contributed by atoms with Gasteiger partial charge in [-0.2, -0.15) is 18.2 Å². The number of nitrogens with two attached hydrogens (primary N) is 1. The fourth-order valence-corrected chi connectivity index (χ4v) is 4.08. The Hall–Kier alpha value is -3.61. The van der Waals surface area contributed by atoms with Gasteiger partial charge >= 0.3 is 12.1 Å². The van der Waals surface area contributed by atoms with E-state index >= 15 is 0 Å². The van der Waals surface area contributed by atoms with Crippen molar-refractivity contribution in [2.45, 2.75) is 37.6 Å². The van der Waals surface area contributed by atoms with Crippen LogP contribution in [0.4, 0.5) is 13.2 Å². The van der Waals surface area contributed by atoms with Gasteiger partial charge in [-0.15, -0.1) is 0 Å². The van der Waals surface area contributed by atoms with Gasteiger partial charge in [-0.1, -0.05) is 30.8 Å². The van der Waals surface area contributed by atoms with E-state index in [1.807, 2.05) is 0 Å². The highest BCUT2D eigenvalue weighted by Crippen LogP contribution is 2.35. The number of amides is 1. The fraction of sp³-hybridized carbons (Fsp3) is 0.348. The number of carbonyl (C=O) groups excluding carboxylic acids is 3. The second-order valence-electron chi connectivity index (χ2n) is 7.61. The molecule has 13 heteroatoms. The standard InChI is InChI=1S/C23H23F3N4O5S/c1-4-15-14(9-16(31)19(27)33)18-20(28-22(36-3)29-21(18)35-11-17(32)34-2)30(15)10-12-6-5-7-13(8-12)23(24,25)26/h5-8H,4,9-11H2,1-3H3,(H2,27,33). The number of aromatic nitrogens is 3. The number of fused-ring (bicyclic) bond motifs is 1. The number of esters is 1. The minimum absolute atomic E-state index is 0.0182. The molecule has 0 bridgehead atoms. The monoisotopic (exact) mass is 524 g/mol. The number of hydrogen-bond acceptors (Lipinski definition) is 8. The summed E-state index contributed by atoms with van der Waals surface area (Å²) in [6.45, 7) is 1.28. The van der Waals surface area contributed by atoms with E-state index in [2.05, 4.69) is 14.7 Å². The SMILES string of the molecule is CCc1c(CC(=O)C(N)=O)c2c(OCC(=O)OC)nc(SC)nc2n1Cc1cccc(C(F)(F)F)c1. The van der Waals surface area contributed by atoms with Crippen molar-refractivity contribution >= 4 is 40.5 Å². The zero-order valence-corrected chi connectivity index (χ0v) is 20.5. The molecule has 3 aromatic rings. The number of alkyl halides is 3. The van der Waals surface area contributed by atoms with E-state index in [0.717, 1.165) is 12.1 Å². The molecule has 2 N–H and O–H groups in total. The molecule has 3 rings (SSSR count). The molecule has 0 aliphatic heterocycles. The molecule has 0 aliphatic rings. The van der Waals surface area contributed by atoms with Crippen LogP contribution < -0.4 is 10.5 Å². The number of methoxy groups -OCH3 is 1. The van der Waals surface area contributed by atoms with E-state index in [0.29, 0.717) is 23.2 Å². The molecule has 0 aliphatic carbocycles. The Morgan fingerprint density at radius 3 is 2.50 bits per heavy atom. The van der Waals surface area contributed by atoms with Gasteiger partial charge in [0, 0.05) is 18.7 Å². The summed E-state index contributed by atoms with van der Waals surface area (Å²) >= 11 is 1.18. The first kappa shape index (κ1) is 27.0. The maximum atomic E-state index is 13.3. The van der Waals surface area contributed by atoms with E-state index < -0.39 is 42.4 Å². The molecule has 0 unspecified atom stereocenters. The van der Waals surface area contributed by atoms with Crippen LogP contribution in [0.2, 0.25) is 0 Å². The van der Waals surface area contributed by atoms with Gasteiger partial charge in [0.1, 0.15) is 5.65 Å². The molecule has 9 nitrogen and oxygen atoms in total. The Labute approximate surface area is 208 Å². The van der Waals surface area contributed by atoms with Crippen LogP contribution in [0, 0.1) is 0 Å². The minimum Gasteiger partial charge on any atom is -0.466 e. The summed E-state index contributed by atoms with van der Waals surface area (Å²) in [6, 6.07) is 4.85. The summed E-state index contributed by atoms with van der Waals surface area (Å²) in [5, 5.41) is 0.524. The lowest BCUT2D eigenvalue weighted by molar-refractivity contribution is -0.143. The molecule has 0 spiro atoms. The van der Waals surface area contributed by atoms with Gasteiger partial charge < -0.3 is 19.8 Å². The molecule has 2 aromatic heterocycles. The number of nitrogens with zero attached hydrogens (tertiary/aromatic N) is 3. The second-order valence-corrected chi connectivity index (χ2v) is 8.38. The van der Waals surface area contributed by atoms with Crippen LogP contribution in [0.1, 0.15) is 29.3 Å². The number of rotatable bonds is 10. The van der Waals surface area contributed by atoms with Gasteiger partial charge in [0.15, 0.2) is 11.8 Å². The summed E-state index contributed by atoms with van der Waals surface area (Å²) in [5.41, 5.74) is 5.86. The van der Waals surface area contributed by atoms with Crippen molar-refractivity contribution in [3.63, 3.8) is 0 Å². The van der Waals surface area contributed by atoms with Crippen molar-refractivity contribution in [1.29, 1.82) is 0 Å². The zero-order valence-electron chi connectivity index (χ0n) is 19.6. The first-order valence-corrected chi connectivity index (χ1v) is 11.9. The normalized spacial score (nSPS) is 11.5. The van der Waals surface area contributed by atoms with Crippen molar-refractivity contribution < 1.29 is 37.0 Å². The molecule has 2 heterocycles. The van der Waals surface area contributed by atoms with Crippen molar-refractivity contribution in [3.05, 3.63) is 46.6 Å². The second kappa shape index (κ2) is 11.0. The van der Waals surface area contributed by atoms with Crippen molar-refractivity contribution in [1.82, 2.24) is 14.5 Å². The highest BCUT2D eigenvalue weighted by atomic mass is 32.2. The van der Waals surface area contributed by atoms with Crippen LogP contribution in [-0.2, 0) is 44.7 Å². The van der Waals surface area contributed by atoms with Crippen LogP contribution >= 0.6 is 11.8 Å². The van der Waals surface area contributed by atoms with Crippen LogP contribution in [0.5, 0.6) is 5.88 Å². The highest BCUT2D eigenvalue weighted by Gasteiger charge is 2.31. The Balaban J connectivity index is 2.27. The topological polar surface area (TPSA) is 126 Å². The maximum absolute atomic E-state index is 13.3. The summed E-state index contributed by atoms with van der Waals surface area (Å²) in [4.78, 5) is 44.4. The van der Waals surface area contributed by atoms with Crippen LogP contribution in [0.25, 0.3) is 11.0 Å². The molecule has 1 amide bonds. The van der Waals surface area contributed by atoms with Gasteiger partial charge in [-0.05, 0) is 35.9 Å². The van der Waals surface area contributed by atoms with E-state index in [1.165, 1.54) is 24.9 Å². The maximum Gasteiger partial charge on any atom is 0.416 e. The summed E-state index contributed by atoms with van der Waals surface area (Å²) in [6.07, 6.45) is -2.88. The summed E-state index contributed by atoms with van der Waals surface area (Å²) in [5.74, 6) is -2.73. The fourth-order valence-electron chi connectivity index (χ4n) is 3.73. The largest absolute Gasteiger partial charge is 0.466 e. The molecular weight excluding hydrogens is 501 g/mol. The predicted octanol–water partition coefficient (Wildman–Crippen LogP) is 2.93. The predicted molar refractivity (Wildman–Crippen MR) is 125 cm³/mol. The molecule has 192 valence electrons. The van der Waals surface area contributed by atoms with Gasteiger partial charge in [-0.25, -0.2) is 9.78 Å². The highest BCUT2D eigenvalue weighted by molar-refractivity contribution is 7.98. The van der Waals surface area contributed by atoms with E-state index in [4.69, 9.17) is 10.5 Å². The first-order chi connectivity index (χ1) is 17.0. The number of primary amides is 1. The number of hydrogen-bond donors (Lipinski definition) is 1. The number of thioether (sulfide) groups is 1. The van der Waals surface area contributed by atoms with E-state index in [1.54, 1.807) is 23.8 Å². The summed E-state index contributed by atoms with van der Waals surface area (Å²) < 4.78 is 51.7. The molecule has 1 aromatic carbocycles. The first-order valence-electron chi connectivity index (χ1n) is 10.6. The van der Waals surface area contributed by atoms with E-state index in [-0.39, 0.29) is 28.6 Å². The molecule has 0 radical (unpaired) electrons. The van der Waals surface area contributed by atoms with Gasteiger partial charge in [0.2, 0.25) is 11.7 Å². The third-order valence-corrected chi connectivity index (χ3v) is 5.89. The Bertz CT molecular complexity index is 1320. The molecule has 36 heavy (non-hydrogen) atoms. The number of Topliss-reactive ketones (excluding diaryl/α,β-unsaturated/α-hetero) is 1. The smallest absolute Gasteiger partial charge is 0.416 e. The average molecular weight is 525 g/mol. The number of halogens is 3. The Morgan fingerprint density at radius 2 is 1.92 bits per heavy atom. The molecule has 0 saturated heterocycles. The number of carbonyl (C=O) groups is 3. The van der Waals surface area contributed by atoms with Crippen molar-refractivity contribution in [2.24, 2.45) is 5.73 Å². The van der Waals surface area contributed by atoms with Crippen LogP contribution in [0.3, 0.4) is 0 Å². The van der Waals surface area contributed by atoms with Crippen LogP contribution in [-0.4, -0.2) is 52.2 Å². The zero-order chi connectivity index (χ0) is 26.6. The minimum atomic E-state index is -4.52. The number of ether oxygens (including phenoxy) is 2. The third kappa shape index (κ3) is 5.78. The van der Waals surface area contributed by atoms with Gasteiger partial charge in [0.05, 0.1) is 18.1 Å².